The van der Waals surface area contributed by atoms with Gasteiger partial charge in [0.15, 0.2) is 0 Å². The fraction of sp³-hybridized carbons (Fsp3) is 0.292. The van der Waals surface area contributed by atoms with E-state index in [0.29, 0.717) is 0 Å². The third-order valence-corrected chi connectivity index (χ3v) is 5.00. The lowest BCUT2D eigenvalue weighted by atomic mass is 10.0. The molecule has 0 saturated heterocycles. The highest BCUT2D eigenvalue weighted by Crippen LogP contribution is 2.24. The molecule has 0 spiro atoms. The maximum atomic E-state index is 4.00. The number of aromatic nitrogens is 2. The second kappa shape index (κ2) is 6.95. The van der Waals surface area contributed by atoms with Crippen LogP contribution in [0.1, 0.15) is 39.2 Å². The van der Waals surface area contributed by atoms with Crippen molar-refractivity contribution in [2.45, 2.75) is 48.0 Å². The smallest absolute Gasteiger partial charge is 0.199 e. The average Bonchev–Trinajstić information content (AvgIpc) is 2.89. The van der Waals surface area contributed by atoms with Crippen LogP contribution in [0.25, 0.3) is 11.4 Å². The van der Waals surface area contributed by atoms with Crippen molar-refractivity contribution in [1.82, 2.24) is 4.57 Å². The molecule has 0 unspecified atom stereocenters. The lowest BCUT2D eigenvalue weighted by Crippen LogP contribution is -2.36. The van der Waals surface area contributed by atoms with Gasteiger partial charge in [0.2, 0.25) is 0 Å². The van der Waals surface area contributed by atoms with Crippen LogP contribution in [0.4, 0.5) is 0 Å². The molecule has 2 heteroatoms. The Kier molecular flexibility index (Phi) is 4.86. The van der Waals surface area contributed by atoms with Crippen molar-refractivity contribution >= 4 is 0 Å². The fourth-order valence-corrected chi connectivity index (χ4v) is 4.26. The van der Waals surface area contributed by atoms with E-state index in [0.717, 1.165) is 6.42 Å². The van der Waals surface area contributed by atoms with E-state index in [1.165, 1.54) is 50.6 Å². The molecule has 0 atom stereocenters. The molecule has 26 heavy (non-hydrogen) atoms. The molecule has 0 aliphatic heterocycles. The molecule has 2 aromatic carbocycles. The SMILES string of the molecule is C=CCc1n(-c2c(C)cc(C)cc2C)cc[n+]1-c1c(C)cc(C)cc1C. The minimum atomic E-state index is 0.812. The second-order valence-corrected chi connectivity index (χ2v) is 7.44. The molecule has 2 nitrogen and oxygen atoms in total. The van der Waals surface area contributed by atoms with Gasteiger partial charge in [0, 0.05) is 0 Å². The Hall–Kier alpha value is -2.61. The minimum Gasteiger partial charge on any atom is -0.199 e. The van der Waals surface area contributed by atoms with Crippen LogP contribution in [0.15, 0.2) is 49.3 Å². The van der Waals surface area contributed by atoms with E-state index < -0.39 is 0 Å². The third kappa shape index (κ3) is 3.12. The highest BCUT2D eigenvalue weighted by atomic mass is 15.2. The van der Waals surface area contributed by atoms with Crippen molar-refractivity contribution in [3.63, 3.8) is 0 Å². The van der Waals surface area contributed by atoms with E-state index in [-0.39, 0.29) is 0 Å². The number of hydrogen-bond donors (Lipinski definition) is 0. The normalized spacial score (nSPS) is 11.0. The van der Waals surface area contributed by atoms with E-state index in [9.17, 15) is 0 Å². The van der Waals surface area contributed by atoms with Crippen molar-refractivity contribution in [1.29, 1.82) is 0 Å². The molecule has 1 heterocycles. The van der Waals surface area contributed by atoms with Crippen molar-refractivity contribution in [3.8, 4) is 11.4 Å². The molecule has 134 valence electrons. The molecular formula is C24H29N2+. The summed E-state index contributed by atoms with van der Waals surface area (Å²) in [5, 5.41) is 0. The van der Waals surface area contributed by atoms with Crippen LogP contribution in [0.3, 0.4) is 0 Å². The number of benzene rings is 2. The van der Waals surface area contributed by atoms with Gasteiger partial charge in [-0.05, 0) is 63.8 Å². The maximum absolute atomic E-state index is 4.00. The Balaban J connectivity index is 2.29. The monoisotopic (exact) mass is 345 g/mol. The van der Waals surface area contributed by atoms with Gasteiger partial charge in [-0.15, -0.1) is 6.58 Å². The van der Waals surface area contributed by atoms with Gasteiger partial charge in [-0.2, -0.15) is 9.13 Å². The second-order valence-electron chi connectivity index (χ2n) is 7.44. The van der Waals surface area contributed by atoms with Crippen LogP contribution in [-0.2, 0) is 6.42 Å². The van der Waals surface area contributed by atoms with E-state index in [2.05, 4.69) is 93.9 Å². The first-order valence-electron chi connectivity index (χ1n) is 9.22. The third-order valence-electron chi connectivity index (χ3n) is 5.00. The van der Waals surface area contributed by atoms with Crippen molar-refractivity contribution in [2.24, 2.45) is 0 Å². The molecule has 3 aromatic rings. The lowest BCUT2D eigenvalue weighted by Gasteiger charge is -2.12. The summed E-state index contributed by atoms with van der Waals surface area (Å²) >= 11 is 0. The van der Waals surface area contributed by atoms with Crippen LogP contribution in [0.2, 0.25) is 0 Å². The first-order valence-corrected chi connectivity index (χ1v) is 9.22. The summed E-state index contributed by atoms with van der Waals surface area (Å²) in [6.45, 7) is 17.1. The Morgan fingerprint density at radius 1 is 0.846 bits per heavy atom. The molecule has 0 fully saturated rings. The topological polar surface area (TPSA) is 8.81 Å². The van der Waals surface area contributed by atoms with Gasteiger partial charge in [0.25, 0.3) is 5.82 Å². The molecule has 1 aromatic heterocycles. The van der Waals surface area contributed by atoms with Crippen LogP contribution in [0, 0.1) is 41.5 Å². The van der Waals surface area contributed by atoms with Gasteiger partial charge < -0.3 is 0 Å². The first-order chi connectivity index (χ1) is 12.3. The Morgan fingerprint density at radius 3 is 1.85 bits per heavy atom. The van der Waals surface area contributed by atoms with Crippen molar-refractivity contribution < 1.29 is 4.57 Å². The minimum absolute atomic E-state index is 0.812. The summed E-state index contributed by atoms with van der Waals surface area (Å²) in [6, 6.07) is 9.03. The molecule has 3 rings (SSSR count). The molecule has 0 bridgehead atoms. The highest BCUT2D eigenvalue weighted by Gasteiger charge is 2.24. The average molecular weight is 346 g/mol. The zero-order valence-corrected chi connectivity index (χ0v) is 16.9. The van der Waals surface area contributed by atoms with E-state index in [1.54, 1.807) is 0 Å². The van der Waals surface area contributed by atoms with Crippen LogP contribution in [0.5, 0.6) is 0 Å². The fourth-order valence-electron chi connectivity index (χ4n) is 4.26. The number of aryl methyl sites for hydroxylation is 6. The van der Waals surface area contributed by atoms with Gasteiger partial charge in [0.1, 0.15) is 23.8 Å². The highest BCUT2D eigenvalue weighted by molar-refractivity contribution is 5.50. The molecule has 0 amide bonds. The van der Waals surface area contributed by atoms with E-state index in [4.69, 9.17) is 0 Å². The zero-order chi connectivity index (χ0) is 19.0. The molecule has 0 radical (unpaired) electrons. The van der Waals surface area contributed by atoms with E-state index in [1.807, 2.05) is 6.08 Å². The number of nitrogens with zero attached hydrogens (tertiary/aromatic N) is 2. The quantitative estimate of drug-likeness (QED) is 0.446. The standard InChI is InChI=1S/C24H29N2/c1-8-9-22-25(23-18(4)12-16(2)13-19(23)5)10-11-26(22)24-20(6)14-17(3)15-21(24)7/h8,10-15H,1,9H2,2-7H3/q+1. The van der Waals surface area contributed by atoms with Gasteiger partial charge in [0.05, 0.1) is 6.42 Å². The Bertz CT molecular complexity index is 868. The molecule has 0 N–H and O–H groups in total. The predicted molar refractivity (Wildman–Crippen MR) is 110 cm³/mol. The summed E-state index contributed by atoms with van der Waals surface area (Å²) in [7, 11) is 0. The lowest BCUT2D eigenvalue weighted by molar-refractivity contribution is -0.604. The summed E-state index contributed by atoms with van der Waals surface area (Å²) in [6.07, 6.45) is 7.16. The number of rotatable bonds is 4. The first kappa shape index (κ1) is 18.2. The summed E-state index contributed by atoms with van der Waals surface area (Å²) in [5.74, 6) is 1.23. The van der Waals surface area contributed by atoms with Gasteiger partial charge in [-0.25, -0.2) is 0 Å². The molecule has 0 aliphatic carbocycles. The predicted octanol–water partition coefficient (Wildman–Crippen LogP) is 5.33. The summed E-state index contributed by atoms with van der Waals surface area (Å²) < 4.78 is 4.65. The van der Waals surface area contributed by atoms with Crippen LogP contribution in [-0.4, -0.2) is 4.57 Å². The number of hydrogen-bond acceptors (Lipinski definition) is 0. The van der Waals surface area contributed by atoms with Crippen molar-refractivity contribution in [3.05, 3.63) is 88.5 Å². The summed E-state index contributed by atoms with van der Waals surface area (Å²) in [4.78, 5) is 0. The van der Waals surface area contributed by atoms with E-state index >= 15 is 0 Å². The molecule has 0 aliphatic rings. The zero-order valence-electron chi connectivity index (χ0n) is 16.9. The number of imidazole rings is 1. The summed E-state index contributed by atoms with van der Waals surface area (Å²) in [5.41, 5.74) is 10.3. The largest absolute Gasteiger partial charge is 0.270 e. The Morgan fingerprint density at radius 2 is 1.35 bits per heavy atom. The maximum Gasteiger partial charge on any atom is 0.270 e. The van der Waals surface area contributed by atoms with Crippen LogP contribution >= 0.6 is 0 Å². The molecule has 0 saturated carbocycles. The van der Waals surface area contributed by atoms with Crippen LogP contribution < -0.4 is 4.57 Å². The molecular weight excluding hydrogens is 316 g/mol. The number of allylic oxidation sites excluding steroid dienone is 1. The van der Waals surface area contributed by atoms with Crippen molar-refractivity contribution in [2.75, 3.05) is 0 Å². The van der Waals surface area contributed by atoms with Gasteiger partial charge in [-0.3, -0.25) is 0 Å². The Labute approximate surface area is 157 Å². The van der Waals surface area contributed by atoms with Gasteiger partial charge in [-0.1, -0.05) is 41.5 Å². The van der Waals surface area contributed by atoms with Gasteiger partial charge >= 0.3 is 0 Å².